The maximum Gasteiger partial charge on any atom is 0.317 e. The quantitative estimate of drug-likeness (QED) is 0.801. The number of carboxylic acid groups (broad SMARTS) is 1. The van der Waals surface area contributed by atoms with Gasteiger partial charge in [-0.25, -0.2) is 0 Å². The summed E-state index contributed by atoms with van der Waals surface area (Å²) in [4.78, 5) is 12.8. The van der Waals surface area contributed by atoms with Crippen molar-refractivity contribution in [3.05, 3.63) is 17.5 Å². The lowest BCUT2D eigenvalue weighted by molar-refractivity contribution is -0.138. The lowest BCUT2D eigenvalue weighted by atomic mass is 10.2. The van der Waals surface area contributed by atoms with Gasteiger partial charge in [-0.05, 0) is 19.8 Å². The summed E-state index contributed by atoms with van der Waals surface area (Å²) in [6.45, 7) is 2.82. The Morgan fingerprint density at radius 3 is 2.81 bits per heavy atom. The minimum absolute atomic E-state index is 0.124. The van der Waals surface area contributed by atoms with Crippen molar-refractivity contribution in [2.24, 2.45) is 7.05 Å². The second-order valence-electron chi connectivity index (χ2n) is 4.41. The van der Waals surface area contributed by atoms with Crippen molar-refractivity contribution in [1.82, 2.24) is 14.7 Å². The number of carboxylic acids is 1. The van der Waals surface area contributed by atoms with Crippen molar-refractivity contribution >= 4 is 5.97 Å². The van der Waals surface area contributed by atoms with Crippen LogP contribution in [0, 0.1) is 6.92 Å². The van der Waals surface area contributed by atoms with Gasteiger partial charge in [-0.3, -0.25) is 14.4 Å². The standard InChI is InChI=1S/C11H17N3O2/c1-8-9(5-12-13(8)2)6-14(7-11(15)16)10-3-4-10/h5,10H,3-4,6-7H2,1-2H3,(H,15,16). The monoisotopic (exact) mass is 223 g/mol. The first-order chi connectivity index (χ1) is 7.58. The molecule has 0 aromatic carbocycles. The zero-order chi connectivity index (χ0) is 11.7. The smallest absolute Gasteiger partial charge is 0.317 e. The molecular weight excluding hydrogens is 206 g/mol. The summed E-state index contributed by atoms with van der Waals surface area (Å²) in [5, 5.41) is 13.0. The van der Waals surface area contributed by atoms with E-state index in [4.69, 9.17) is 5.11 Å². The van der Waals surface area contributed by atoms with Crippen LogP contribution in [0.5, 0.6) is 0 Å². The Balaban J connectivity index is 2.05. The van der Waals surface area contributed by atoms with Gasteiger partial charge in [-0.1, -0.05) is 0 Å². The fraction of sp³-hybridized carbons (Fsp3) is 0.636. The molecule has 0 radical (unpaired) electrons. The highest BCUT2D eigenvalue weighted by Gasteiger charge is 2.30. The Bertz CT molecular complexity index is 396. The van der Waals surface area contributed by atoms with E-state index in [1.807, 2.05) is 29.7 Å². The van der Waals surface area contributed by atoms with Crippen LogP contribution in [0.4, 0.5) is 0 Å². The number of hydrogen-bond donors (Lipinski definition) is 1. The van der Waals surface area contributed by atoms with E-state index in [1.54, 1.807) is 0 Å². The zero-order valence-corrected chi connectivity index (χ0v) is 9.68. The molecule has 0 aliphatic heterocycles. The van der Waals surface area contributed by atoms with Gasteiger partial charge in [0.25, 0.3) is 0 Å². The van der Waals surface area contributed by atoms with Crippen molar-refractivity contribution in [1.29, 1.82) is 0 Å². The molecule has 1 aromatic rings. The van der Waals surface area contributed by atoms with Crippen molar-refractivity contribution in [2.45, 2.75) is 32.4 Å². The predicted octanol–water partition coefficient (Wildman–Crippen LogP) is 0.778. The first-order valence-electron chi connectivity index (χ1n) is 5.51. The molecule has 0 bridgehead atoms. The third kappa shape index (κ3) is 2.41. The molecule has 1 fully saturated rings. The fourth-order valence-corrected chi connectivity index (χ4v) is 1.85. The van der Waals surface area contributed by atoms with Gasteiger partial charge in [0, 0.05) is 30.9 Å². The molecule has 0 amide bonds. The number of aliphatic carboxylic acids is 1. The molecule has 1 aliphatic carbocycles. The molecule has 1 saturated carbocycles. The Kier molecular flexibility index (Phi) is 2.96. The second kappa shape index (κ2) is 4.25. The van der Waals surface area contributed by atoms with E-state index in [0.717, 1.165) is 24.1 Å². The van der Waals surface area contributed by atoms with Crippen LogP contribution in [0.3, 0.4) is 0 Å². The van der Waals surface area contributed by atoms with Crippen molar-refractivity contribution < 1.29 is 9.90 Å². The van der Waals surface area contributed by atoms with Crippen LogP contribution in [0.25, 0.3) is 0 Å². The van der Waals surface area contributed by atoms with Crippen LogP contribution < -0.4 is 0 Å². The van der Waals surface area contributed by atoms with E-state index < -0.39 is 5.97 Å². The third-order valence-corrected chi connectivity index (χ3v) is 3.11. The molecule has 0 spiro atoms. The normalized spacial score (nSPS) is 15.7. The molecule has 0 unspecified atom stereocenters. The molecule has 0 saturated heterocycles. The molecule has 5 heteroatoms. The van der Waals surface area contributed by atoms with Crippen molar-refractivity contribution in [3.8, 4) is 0 Å². The summed E-state index contributed by atoms with van der Waals surface area (Å²) in [5.74, 6) is -0.756. The molecule has 1 aromatic heterocycles. The third-order valence-electron chi connectivity index (χ3n) is 3.11. The Hall–Kier alpha value is -1.36. The average molecular weight is 223 g/mol. The first kappa shape index (κ1) is 11.1. The van der Waals surface area contributed by atoms with Gasteiger partial charge in [0.15, 0.2) is 0 Å². The lowest BCUT2D eigenvalue weighted by Crippen LogP contribution is -2.31. The summed E-state index contributed by atoms with van der Waals surface area (Å²) in [7, 11) is 1.90. The zero-order valence-electron chi connectivity index (χ0n) is 9.68. The molecule has 1 heterocycles. The Morgan fingerprint density at radius 2 is 2.38 bits per heavy atom. The van der Waals surface area contributed by atoms with Gasteiger partial charge >= 0.3 is 5.97 Å². The van der Waals surface area contributed by atoms with Gasteiger partial charge in [0.05, 0.1) is 12.7 Å². The van der Waals surface area contributed by atoms with Crippen LogP contribution in [0.2, 0.25) is 0 Å². The minimum atomic E-state index is -0.756. The molecule has 5 nitrogen and oxygen atoms in total. The molecular formula is C11H17N3O2. The Labute approximate surface area is 94.7 Å². The van der Waals surface area contributed by atoms with Crippen LogP contribution >= 0.6 is 0 Å². The van der Waals surface area contributed by atoms with Gasteiger partial charge in [-0.2, -0.15) is 5.10 Å². The number of carbonyl (C=O) groups is 1. The van der Waals surface area contributed by atoms with Gasteiger partial charge in [-0.15, -0.1) is 0 Å². The summed E-state index contributed by atoms with van der Waals surface area (Å²) in [5.41, 5.74) is 2.23. The largest absolute Gasteiger partial charge is 0.480 e. The van der Waals surface area contributed by atoms with Crippen LogP contribution in [0.1, 0.15) is 24.1 Å². The van der Waals surface area contributed by atoms with E-state index in [0.29, 0.717) is 12.6 Å². The van der Waals surface area contributed by atoms with Crippen LogP contribution in [-0.2, 0) is 18.4 Å². The number of aromatic nitrogens is 2. The molecule has 2 rings (SSSR count). The number of aryl methyl sites for hydroxylation is 1. The minimum Gasteiger partial charge on any atom is -0.480 e. The second-order valence-corrected chi connectivity index (χ2v) is 4.41. The summed E-state index contributed by atoms with van der Waals surface area (Å²) in [6, 6.07) is 0.454. The SMILES string of the molecule is Cc1c(CN(CC(=O)O)C2CC2)cnn1C. The number of nitrogens with zero attached hydrogens (tertiary/aromatic N) is 3. The van der Waals surface area contributed by atoms with Gasteiger partial charge < -0.3 is 5.11 Å². The van der Waals surface area contributed by atoms with E-state index >= 15 is 0 Å². The van der Waals surface area contributed by atoms with Crippen LogP contribution in [-0.4, -0.2) is 38.3 Å². The molecule has 16 heavy (non-hydrogen) atoms. The summed E-state index contributed by atoms with van der Waals surface area (Å²) >= 11 is 0. The average Bonchev–Trinajstić information content (AvgIpc) is 3.00. The van der Waals surface area contributed by atoms with Gasteiger partial charge in [0.1, 0.15) is 0 Å². The van der Waals surface area contributed by atoms with Crippen LogP contribution in [0.15, 0.2) is 6.20 Å². The molecule has 1 N–H and O–H groups in total. The van der Waals surface area contributed by atoms with E-state index in [2.05, 4.69) is 5.10 Å². The highest BCUT2D eigenvalue weighted by atomic mass is 16.4. The number of hydrogen-bond acceptors (Lipinski definition) is 3. The first-order valence-corrected chi connectivity index (χ1v) is 5.51. The molecule has 1 aliphatic rings. The Morgan fingerprint density at radius 1 is 1.69 bits per heavy atom. The molecule has 0 atom stereocenters. The number of rotatable bonds is 5. The van der Waals surface area contributed by atoms with Crippen molar-refractivity contribution in [2.75, 3.05) is 6.54 Å². The lowest BCUT2D eigenvalue weighted by Gasteiger charge is -2.19. The van der Waals surface area contributed by atoms with E-state index in [-0.39, 0.29) is 6.54 Å². The van der Waals surface area contributed by atoms with E-state index in [9.17, 15) is 4.79 Å². The fourth-order valence-electron chi connectivity index (χ4n) is 1.85. The maximum absolute atomic E-state index is 10.8. The van der Waals surface area contributed by atoms with E-state index in [1.165, 1.54) is 0 Å². The highest BCUT2D eigenvalue weighted by molar-refractivity contribution is 5.69. The highest BCUT2D eigenvalue weighted by Crippen LogP contribution is 2.28. The topological polar surface area (TPSA) is 58.4 Å². The van der Waals surface area contributed by atoms with Gasteiger partial charge in [0.2, 0.25) is 0 Å². The van der Waals surface area contributed by atoms with Crippen molar-refractivity contribution in [3.63, 3.8) is 0 Å². The predicted molar refractivity (Wildman–Crippen MR) is 59.0 cm³/mol. The summed E-state index contributed by atoms with van der Waals surface area (Å²) in [6.07, 6.45) is 4.06. The summed E-state index contributed by atoms with van der Waals surface area (Å²) < 4.78 is 1.82. The maximum atomic E-state index is 10.8. The molecule has 88 valence electrons.